The molecular weight excluding hydrogens is 376 g/mol. The standard InChI is InChI=1S/C25H24N2O3/c1-29-21-13-11-20(12-14-21)25(28)26-22-8-3-5-10-24(22)30-18-6-16-27-17-15-19-7-2-4-9-23(19)27/h2-5,7-15,17H,6,16,18H2,1H3,(H,26,28). The van der Waals surface area contributed by atoms with Crippen molar-refractivity contribution in [1.82, 2.24) is 4.57 Å². The van der Waals surface area contributed by atoms with Crippen molar-refractivity contribution < 1.29 is 14.3 Å². The number of anilines is 1. The maximum absolute atomic E-state index is 12.6. The molecule has 5 heteroatoms. The van der Waals surface area contributed by atoms with Crippen molar-refractivity contribution >= 4 is 22.5 Å². The molecule has 0 aliphatic carbocycles. The smallest absolute Gasteiger partial charge is 0.255 e. The first-order valence-electron chi connectivity index (χ1n) is 9.96. The zero-order chi connectivity index (χ0) is 20.8. The molecule has 30 heavy (non-hydrogen) atoms. The highest BCUT2D eigenvalue weighted by Crippen LogP contribution is 2.25. The molecule has 3 aromatic carbocycles. The maximum Gasteiger partial charge on any atom is 0.255 e. The molecule has 0 bridgehead atoms. The SMILES string of the molecule is COc1ccc(C(=O)Nc2ccccc2OCCCn2ccc3ccccc32)cc1. The van der Waals surface area contributed by atoms with Gasteiger partial charge in [0.15, 0.2) is 0 Å². The Hall–Kier alpha value is -3.73. The minimum atomic E-state index is -0.187. The van der Waals surface area contributed by atoms with Crippen molar-refractivity contribution in [2.45, 2.75) is 13.0 Å². The maximum atomic E-state index is 12.6. The highest BCUT2D eigenvalue weighted by atomic mass is 16.5. The second kappa shape index (κ2) is 9.18. The first kappa shape index (κ1) is 19.6. The van der Waals surface area contributed by atoms with Gasteiger partial charge in [0.1, 0.15) is 11.5 Å². The second-order valence-electron chi connectivity index (χ2n) is 6.95. The number of hydrogen-bond donors (Lipinski definition) is 1. The van der Waals surface area contributed by atoms with E-state index in [1.54, 1.807) is 31.4 Å². The summed E-state index contributed by atoms with van der Waals surface area (Å²) < 4.78 is 13.3. The molecule has 0 radical (unpaired) electrons. The number of carbonyl (C=O) groups is 1. The van der Waals surface area contributed by atoms with E-state index in [0.717, 1.165) is 13.0 Å². The van der Waals surface area contributed by atoms with Crippen LogP contribution in [0.25, 0.3) is 10.9 Å². The van der Waals surface area contributed by atoms with Crippen LogP contribution in [0.2, 0.25) is 0 Å². The van der Waals surface area contributed by atoms with Gasteiger partial charge in [-0.05, 0) is 60.3 Å². The molecule has 152 valence electrons. The van der Waals surface area contributed by atoms with Gasteiger partial charge in [-0.1, -0.05) is 30.3 Å². The van der Waals surface area contributed by atoms with Gasteiger partial charge in [0, 0.05) is 23.8 Å². The van der Waals surface area contributed by atoms with Crippen LogP contribution < -0.4 is 14.8 Å². The third-order valence-electron chi connectivity index (χ3n) is 4.97. The Morgan fingerprint density at radius 3 is 2.53 bits per heavy atom. The number of nitrogens with one attached hydrogen (secondary N) is 1. The van der Waals surface area contributed by atoms with Crippen LogP contribution >= 0.6 is 0 Å². The summed E-state index contributed by atoms with van der Waals surface area (Å²) in [5.41, 5.74) is 2.44. The zero-order valence-electron chi connectivity index (χ0n) is 16.9. The fraction of sp³-hybridized carbons (Fsp3) is 0.160. The van der Waals surface area contributed by atoms with Gasteiger partial charge in [0.2, 0.25) is 0 Å². The quantitative estimate of drug-likeness (QED) is 0.405. The molecule has 0 saturated carbocycles. The predicted octanol–water partition coefficient (Wildman–Crippen LogP) is 5.37. The van der Waals surface area contributed by atoms with Crippen LogP contribution in [0.1, 0.15) is 16.8 Å². The Labute approximate surface area is 175 Å². The first-order valence-corrected chi connectivity index (χ1v) is 9.96. The lowest BCUT2D eigenvalue weighted by Crippen LogP contribution is -2.13. The average Bonchev–Trinajstić information content (AvgIpc) is 3.21. The topological polar surface area (TPSA) is 52.5 Å². The minimum Gasteiger partial charge on any atom is -0.497 e. The highest BCUT2D eigenvalue weighted by Gasteiger charge is 2.10. The number of methoxy groups -OCH3 is 1. The molecule has 0 aliphatic rings. The van der Waals surface area contributed by atoms with Crippen LogP contribution in [0.15, 0.2) is 85.1 Å². The Kier molecular flexibility index (Phi) is 5.99. The van der Waals surface area contributed by atoms with Gasteiger partial charge < -0.3 is 19.4 Å². The number of aryl methyl sites for hydroxylation is 1. The normalized spacial score (nSPS) is 10.7. The fourth-order valence-electron chi connectivity index (χ4n) is 3.39. The Bertz CT molecular complexity index is 1130. The van der Waals surface area contributed by atoms with Crippen LogP contribution in [0.3, 0.4) is 0 Å². The van der Waals surface area contributed by atoms with E-state index in [-0.39, 0.29) is 5.91 Å². The molecule has 1 heterocycles. The van der Waals surface area contributed by atoms with Gasteiger partial charge in [0.05, 0.1) is 19.4 Å². The second-order valence-corrected chi connectivity index (χ2v) is 6.95. The lowest BCUT2D eigenvalue weighted by molar-refractivity contribution is 0.102. The number of rotatable bonds is 8. The number of hydrogen-bond acceptors (Lipinski definition) is 3. The van der Waals surface area contributed by atoms with Gasteiger partial charge in [-0.2, -0.15) is 0 Å². The van der Waals surface area contributed by atoms with Crippen LogP contribution in [0.5, 0.6) is 11.5 Å². The van der Waals surface area contributed by atoms with Crippen molar-refractivity contribution in [3.8, 4) is 11.5 Å². The van der Waals surface area contributed by atoms with Crippen molar-refractivity contribution in [2.75, 3.05) is 19.0 Å². The van der Waals surface area contributed by atoms with E-state index in [0.29, 0.717) is 29.4 Å². The van der Waals surface area contributed by atoms with Crippen LogP contribution in [-0.4, -0.2) is 24.2 Å². The summed E-state index contributed by atoms with van der Waals surface area (Å²) in [4.78, 5) is 12.6. The predicted molar refractivity (Wildman–Crippen MR) is 119 cm³/mol. The Morgan fingerprint density at radius 2 is 1.70 bits per heavy atom. The number of aromatic nitrogens is 1. The molecule has 0 aliphatic heterocycles. The van der Waals surface area contributed by atoms with Crippen molar-refractivity contribution in [1.29, 1.82) is 0 Å². The summed E-state index contributed by atoms with van der Waals surface area (Å²) in [7, 11) is 1.60. The monoisotopic (exact) mass is 400 g/mol. The van der Waals surface area contributed by atoms with E-state index in [2.05, 4.69) is 40.3 Å². The number of fused-ring (bicyclic) bond motifs is 1. The van der Waals surface area contributed by atoms with Gasteiger partial charge in [-0.3, -0.25) is 4.79 Å². The summed E-state index contributed by atoms with van der Waals surface area (Å²) >= 11 is 0. The molecule has 4 rings (SSSR count). The summed E-state index contributed by atoms with van der Waals surface area (Å²) in [6.45, 7) is 1.43. The minimum absolute atomic E-state index is 0.187. The van der Waals surface area contributed by atoms with Gasteiger partial charge in [-0.15, -0.1) is 0 Å². The molecular formula is C25H24N2O3. The summed E-state index contributed by atoms with van der Waals surface area (Å²) in [6.07, 6.45) is 2.97. The van der Waals surface area contributed by atoms with Gasteiger partial charge in [-0.25, -0.2) is 0 Å². The van der Waals surface area contributed by atoms with E-state index in [4.69, 9.17) is 9.47 Å². The van der Waals surface area contributed by atoms with Crippen LogP contribution in [-0.2, 0) is 6.54 Å². The molecule has 0 fully saturated rings. The number of carbonyl (C=O) groups excluding carboxylic acids is 1. The van der Waals surface area contributed by atoms with Crippen LogP contribution in [0, 0.1) is 0 Å². The molecule has 0 spiro atoms. The van der Waals surface area contributed by atoms with E-state index in [1.165, 1.54) is 10.9 Å². The van der Waals surface area contributed by atoms with Crippen molar-refractivity contribution in [3.05, 3.63) is 90.6 Å². The number of para-hydroxylation sites is 3. The molecule has 0 atom stereocenters. The van der Waals surface area contributed by atoms with Crippen molar-refractivity contribution in [2.24, 2.45) is 0 Å². The average molecular weight is 400 g/mol. The molecule has 4 aromatic rings. The summed E-state index contributed by atoms with van der Waals surface area (Å²) in [5.74, 6) is 1.19. The molecule has 1 amide bonds. The molecule has 0 unspecified atom stereocenters. The van der Waals surface area contributed by atoms with Crippen LogP contribution in [0.4, 0.5) is 5.69 Å². The van der Waals surface area contributed by atoms with Crippen molar-refractivity contribution in [3.63, 3.8) is 0 Å². The Morgan fingerprint density at radius 1 is 0.933 bits per heavy atom. The Balaban J connectivity index is 1.35. The van der Waals surface area contributed by atoms with E-state index >= 15 is 0 Å². The number of nitrogens with zero attached hydrogens (tertiary/aromatic N) is 1. The largest absolute Gasteiger partial charge is 0.497 e. The number of benzene rings is 3. The van der Waals surface area contributed by atoms with E-state index < -0.39 is 0 Å². The van der Waals surface area contributed by atoms with Gasteiger partial charge >= 0.3 is 0 Å². The number of amides is 1. The van der Waals surface area contributed by atoms with Gasteiger partial charge in [0.25, 0.3) is 5.91 Å². The third-order valence-corrected chi connectivity index (χ3v) is 4.97. The first-order chi connectivity index (χ1) is 14.7. The van der Waals surface area contributed by atoms with E-state index in [9.17, 15) is 4.79 Å². The zero-order valence-corrected chi connectivity index (χ0v) is 16.9. The third kappa shape index (κ3) is 4.46. The molecule has 0 saturated heterocycles. The molecule has 5 nitrogen and oxygen atoms in total. The fourth-order valence-corrected chi connectivity index (χ4v) is 3.39. The highest BCUT2D eigenvalue weighted by molar-refractivity contribution is 6.05. The lowest BCUT2D eigenvalue weighted by atomic mass is 10.2. The molecule has 1 N–H and O–H groups in total. The molecule has 1 aromatic heterocycles. The summed E-state index contributed by atoms with van der Waals surface area (Å²) in [5, 5.41) is 4.17. The number of ether oxygens (including phenoxy) is 2. The lowest BCUT2D eigenvalue weighted by Gasteiger charge is -2.13. The summed E-state index contributed by atoms with van der Waals surface area (Å²) in [6, 6.07) is 25.0. The van der Waals surface area contributed by atoms with E-state index in [1.807, 2.05) is 30.3 Å².